The second-order valence-corrected chi connectivity index (χ2v) is 11.6. The summed E-state index contributed by atoms with van der Waals surface area (Å²) in [4.78, 5) is 15.2. The quantitative estimate of drug-likeness (QED) is 0.160. The zero-order valence-corrected chi connectivity index (χ0v) is 24.1. The third kappa shape index (κ3) is 7.07. The van der Waals surface area contributed by atoms with Gasteiger partial charge in [-0.15, -0.1) is 0 Å². The van der Waals surface area contributed by atoms with Crippen LogP contribution in [0.3, 0.4) is 0 Å². The van der Waals surface area contributed by atoms with E-state index in [9.17, 15) is 18.7 Å². The number of pyridine rings is 1. The van der Waals surface area contributed by atoms with Gasteiger partial charge in [-0.25, -0.2) is 13.8 Å². The van der Waals surface area contributed by atoms with E-state index in [1.165, 1.54) is 12.8 Å². The lowest BCUT2D eigenvalue weighted by Crippen LogP contribution is -2.28. The van der Waals surface area contributed by atoms with Gasteiger partial charge in [0.1, 0.15) is 29.4 Å². The maximum Gasteiger partial charge on any atom is 0.150 e. The molecule has 0 spiro atoms. The smallest absolute Gasteiger partial charge is 0.150 e. The van der Waals surface area contributed by atoms with Gasteiger partial charge in [-0.3, -0.25) is 4.79 Å². The van der Waals surface area contributed by atoms with Crippen LogP contribution in [0.2, 0.25) is 10.0 Å². The van der Waals surface area contributed by atoms with Crippen LogP contribution < -0.4 is 26.4 Å². The van der Waals surface area contributed by atoms with Crippen molar-refractivity contribution in [3.63, 3.8) is 0 Å². The predicted molar refractivity (Wildman–Crippen MR) is 159 cm³/mol. The summed E-state index contributed by atoms with van der Waals surface area (Å²) in [6.07, 6.45) is 7.36. The molecule has 4 N–H and O–H groups in total. The molecule has 2 aromatic carbocycles. The minimum absolute atomic E-state index is 0.0187. The summed E-state index contributed by atoms with van der Waals surface area (Å²) in [6, 6.07) is 7.84. The molecular weight excluding hydrogens is 569 g/mol. The summed E-state index contributed by atoms with van der Waals surface area (Å²) < 4.78 is 28.4. The summed E-state index contributed by atoms with van der Waals surface area (Å²) in [5.74, 6) is -0.850. The predicted octanol–water partition coefficient (Wildman–Crippen LogP) is 4.80. The van der Waals surface area contributed by atoms with Crippen molar-refractivity contribution in [2.24, 2.45) is 5.92 Å². The van der Waals surface area contributed by atoms with Gasteiger partial charge in [0.25, 0.3) is 0 Å². The van der Waals surface area contributed by atoms with Gasteiger partial charge >= 0.3 is 0 Å². The minimum atomic E-state index is -0.741. The maximum atomic E-state index is 14.5. The SMILES string of the molecule is C=c1c(Cl)cc(C=O)c/c1=C/NC1CC1.CNCC(c1cc(C2CN2)c(O)c(-c2cc(F)c(Cl)cc2F)n1)C1CC1. The number of carbonyl (C=O) groups is 1. The van der Waals surface area contributed by atoms with E-state index in [2.05, 4.69) is 27.5 Å². The minimum Gasteiger partial charge on any atom is -0.505 e. The molecule has 2 saturated carbocycles. The van der Waals surface area contributed by atoms with Gasteiger partial charge in [-0.2, -0.15) is 0 Å². The molecule has 0 bridgehead atoms. The van der Waals surface area contributed by atoms with Gasteiger partial charge < -0.3 is 21.1 Å². The summed E-state index contributed by atoms with van der Waals surface area (Å²) in [6.45, 7) is 5.37. The lowest BCUT2D eigenvalue weighted by Gasteiger charge is -2.19. The number of aromatic hydroxyl groups is 1. The maximum absolute atomic E-state index is 14.5. The molecule has 3 aliphatic rings. The van der Waals surface area contributed by atoms with Crippen molar-refractivity contribution in [1.29, 1.82) is 0 Å². The lowest BCUT2D eigenvalue weighted by molar-refractivity contribution is 0.112. The Labute approximate surface area is 247 Å². The van der Waals surface area contributed by atoms with E-state index >= 15 is 0 Å². The second-order valence-electron chi connectivity index (χ2n) is 10.8. The molecule has 0 radical (unpaired) electrons. The molecule has 6 rings (SSSR count). The highest BCUT2D eigenvalue weighted by Gasteiger charge is 2.36. The molecule has 6 nitrogen and oxygen atoms in total. The van der Waals surface area contributed by atoms with Gasteiger partial charge in [0, 0.05) is 64.7 Å². The van der Waals surface area contributed by atoms with Crippen molar-refractivity contribution in [1.82, 2.24) is 20.9 Å². The van der Waals surface area contributed by atoms with Crippen molar-refractivity contribution in [3.8, 4) is 17.0 Å². The molecular formula is C31H32Cl2F2N4O2. The van der Waals surface area contributed by atoms with Crippen LogP contribution >= 0.6 is 23.2 Å². The summed E-state index contributed by atoms with van der Waals surface area (Å²) in [5, 5.41) is 22.2. The summed E-state index contributed by atoms with van der Waals surface area (Å²) in [7, 11) is 1.88. The Kier molecular flexibility index (Phi) is 8.94. The molecule has 2 heterocycles. The number of halogens is 4. The summed E-state index contributed by atoms with van der Waals surface area (Å²) in [5.41, 5.74) is 2.05. The number of hydrogen-bond acceptors (Lipinski definition) is 6. The normalized spacial score (nSPS) is 18.9. The van der Waals surface area contributed by atoms with E-state index in [1.54, 1.807) is 12.1 Å². The van der Waals surface area contributed by atoms with E-state index in [4.69, 9.17) is 23.2 Å². The number of aromatic nitrogens is 1. The highest BCUT2D eigenvalue weighted by molar-refractivity contribution is 6.31. The number of benzene rings is 2. The monoisotopic (exact) mass is 600 g/mol. The Hall–Kier alpha value is -3.04. The Balaban J connectivity index is 0.000000191. The van der Waals surface area contributed by atoms with Crippen molar-refractivity contribution in [2.45, 2.75) is 43.7 Å². The highest BCUT2D eigenvalue weighted by Crippen LogP contribution is 2.45. The molecule has 2 aliphatic carbocycles. The summed E-state index contributed by atoms with van der Waals surface area (Å²) >= 11 is 11.6. The Morgan fingerprint density at radius 1 is 1.12 bits per heavy atom. The van der Waals surface area contributed by atoms with E-state index in [0.717, 1.165) is 60.5 Å². The molecule has 0 amide bonds. The van der Waals surface area contributed by atoms with Crippen molar-refractivity contribution < 1.29 is 18.7 Å². The fraction of sp³-hybridized carbons (Fsp3) is 0.355. The molecule has 41 heavy (non-hydrogen) atoms. The molecule has 10 heteroatoms. The van der Waals surface area contributed by atoms with Gasteiger partial charge in [0.2, 0.25) is 0 Å². The van der Waals surface area contributed by atoms with E-state index < -0.39 is 11.6 Å². The lowest BCUT2D eigenvalue weighted by atomic mass is 9.95. The van der Waals surface area contributed by atoms with Crippen LogP contribution in [0.4, 0.5) is 8.78 Å². The molecule has 2 unspecified atom stereocenters. The topological polar surface area (TPSA) is 96.2 Å². The van der Waals surface area contributed by atoms with Gasteiger partial charge in [0.05, 0.1) is 5.02 Å². The first-order valence-corrected chi connectivity index (χ1v) is 14.4. The van der Waals surface area contributed by atoms with Crippen molar-refractivity contribution in [2.75, 3.05) is 20.1 Å². The van der Waals surface area contributed by atoms with E-state index in [1.807, 2.05) is 19.3 Å². The molecule has 2 atom stereocenters. The van der Waals surface area contributed by atoms with Gasteiger partial charge in [-0.1, -0.05) is 29.8 Å². The number of nitrogens with zero attached hydrogens (tertiary/aromatic N) is 1. The number of carbonyl (C=O) groups excluding carboxylic acids is 1. The molecule has 216 valence electrons. The third-order valence-electron chi connectivity index (χ3n) is 7.53. The van der Waals surface area contributed by atoms with Crippen LogP contribution in [0.15, 0.2) is 30.3 Å². The zero-order valence-electron chi connectivity index (χ0n) is 22.6. The number of nitrogens with one attached hydrogen (secondary N) is 3. The van der Waals surface area contributed by atoms with Gasteiger partial charge in [-0.05, 0) is 79.4 Å². The fourth-order valence-electron chi connectivity index (χ4n) is 4.77. The van der Waals surface area contributed by atoms with Crippen molar-refractivity contribution >= 4 is 42.3 Å². The van der Waals surface area contributed by atoms with Crippen LogP contribution in [0, 0.1) is 17.6 Å². The third-order valence-corrected chi connectivity index (χ3v) is 8.15. The first-order chi connectivity index (χ1) is 19.7. The van der Waals surface area contributed by atoms with Crippen LogP contribution in [-0.2, 0) is 0 Å². The molecule has 3 fully saturated rings. The average Bonchev–Trinajstić information content (AvgIpc) is 3.80. The van der Waals surface area contributed by atoms with Crippen LogP contribution in [-0.4, -0.2) is 42.6 Å². The molecule has 1 saturated heterocycles. The van der Waals surface area contributed by atoms with Crippen molar-refractivity contribution in [3.05, 3.63) is 79.3 Å². The molecule has 1 aliphatic heterocycles. The fourth-order valence-corrected chi connectivity index (χ4v) is 5.16. The van der Waals surface area contributed by atoms with E-state index in [-0.39, 0.29) is 34.0 Å². The Bertz CT molecular complexity index is 1570. The molecule has 1 aromatic heterocycles. The van der Waals surface area contributed by atoms with Crippen LogP contribution in [0.1, 0.15) is 59.3 Å². The first-order valence-electron chi connectivity index (χ1n) is 13.7. The van der Waals surface area contributed by atoms with E-state index in [0.29, 0.717) is 28.1 Å². The van der Waals surface area contributed by atoms with Crippen LogP contribution in [0.5, 0.6) is 5.75 Å². The van der Waals surface area contributed by atoms with Gasteiger partial charge in [0.15, 0.2) is 0 Å². The number of hydrogen-bond donors (Lipinski definition) is 4. The average molecular weight is 602 g/mol. The number of rotatable bonds is 9. The standard InChI is InChI=1S/C19H20ClF2N3O.C12H12ClNO/c1-23-7-12(9-2-3-9)16-5-11(17-8-24-17)19(26)18(25-16)10-4-15(22)13(20)6-14(10)21;1-8-10(6-14-11-2-3-11)4-9(7-15)5-12(8)13/h4-6,9,12,17,23-24,26H,2-3,7-8H2,1H3;4-7,11,14H,1-3H2/b;10-6-. The first kappa shape index (κ1) is 29.5. The Morgan fingerprint density at radius 3 is 2.46 bits per heavy atom. The number of aldehydes is 1. The van der Waals surface area contributed by atoms with Crippen LogP contribution in [0.25, 0.3) is 24.0 Å². The number of likely N-dealkylation sites (N-methyl/N-ethyl adjacent to an activating group) is 1. The second kappa shape index (κ2) is 12.4. The highest BCUT2D eigenvalue weighted by atomic mass is 35.5. The Morgan fingerprint density at radius 2 is 1.85 bits per heavy atom. The largest absolute Gasteiger partial charge is 0.505 e. The molecule has 3 aromatic rings. The zero-order chi connectivity index (χ0) is 29.3.